The van der Waals surface area contributed by atoms with Gasteiger partial charge in [0.25, 0.3) is 0 Å². The van der Waals surface area contributed by atoms with Gasteiger partial charge in [0, 0.05) is 11.1 Å². The van der Waals surface area contributed by atoms with Gasteiger partial charge in [0.05, 0.1) is 6.61 Å². The third-order valence-electron chi connectivity index (χ3n) is 1.46. The van der Waals surface area contributed by atoms with Gasteiger partial charge in [-0.05, 0) is 41.0 Å². The zero-order chi connectivity index (χ0) is 11.4. The summed E-state index contributed by atoms with van der Waals surface area (Å²) in [7, 11) is 0. The lowest BCUT2D eigenvalue weighted by Gasteiger charge is -2.21. The molecule has 0 unspecified atom stereocenters. The third-order valence-corrected chi connectivity index (χ3v) is 1.46. The normalized spacial score (nSPS) is 11.6. The van der Waals surface area contributed by atoms with E-state index in [1.54, 1.807) is 0 Å². The molecule has 0 heterocycles. The molecule has 0 aromatic rings. The van der Waals surface area contributed by atoms with Gasteiger partial charge in [0.15, 0.2) is 0 Å². The van der Waals surface area contributed by atoms with Crippen LogP contribution in [0, 0.1) is 0 Å². The van der Waals surface area contributed by atoms with Crippen molar-refractivity contribution in [3.05, 3.63) is 0 Å². The van der Waals surface area contributed by atoms with Crippen LogP contribution in [-0.2, 0) is 4.74 Å². The Morgan fingerprint density at radius 3 is 2.07 bits per heavy atom. The molecular formula is C10H23ClN2O2. The molecule has 0 aliphatic rings. The number of carbonyl (C=O) groups excluding carboxylic acids is 1. The fourth-order valence-electron chi connectivity index (χ4n) is 0.749. The Kier molecular flexibility index (Phi) is 6.97. The monoisotopic (exact) mass is 238 g/mol. The first-order valence-electron chi connectivity index (χ1n) is 4.84. The highest BCUT2D eigenvalue weighted by molar-refractivity contribution is 5.85. The smallest absolute Gasteiger partial charge is 0.407 e. The van der Waals surface area contributed by atoms with Crippen molar-refractivity contribution < 1.29 is 9.53 Å². The van der Waals surface area contributed by atoms with E-state index in [-0.39, 0.29) is 29.6 Å². The van der Waals surface area contributed by atoms with Crippen molar-refractivity contribution >= 4 is 18.5 Å². The first kappa shape index (κ1) is 16.9. The summed E-state index contributed by atoms with van der Waals surface area (Å²) < 4.78 is 4.96. The second kappa shape index (κ2) is 6.18. The van der Waals surface area contributed by atoms with Gasteiger partial charge < -0.3 is 15.8 Å². The second-order valence-electron chi connectivity index (χ2n) is 5.25. The molecule has 0 aliphatic carbocycles. The maximum Gasteiger partial charge on any atom is 0.407 e. The molecule has 5 heteroatoms. The highest BCUT2D eigenvalue weighted by Crippen LogP contribution is 2.04. The molecule has 0 aromatic carbocycles. The van der Waals surface area contributed by atoms with Gasteiger partial charge in [-0.3, -0.25) is 0 Å². The molecule has 15 heavy (non-hydrogen) atoms. The van der Waals surface area contributed by atoms with Crippen LogP contribution < -0.4 is 11.1 Å². The van der Waals surface area contributed by atoms with Gasteiger partial charge >= 0.3 is 6.09 Å². The lowest BCUT2D eigenvalue weighted by atomic mass is 10.0. The van der Waals surface area contributed by atoms with Crippen LogP contribution in [0.25, 0.3) is 0 Å². The molecule has 0 spiro atoms. The van der Waals surface area contributed by atoms with E-state index in [2.05, 4.69) is 5.32 Å². The van der Waals surface area contributed by atoms with Gasteiger partial charge in [0.1, 0.15) is 0 Å². The van der Waals surface area contributed by atoms with Crippen LogP contribution >= 0.6 is 12.4 Å². The van der Waals surface area contributed by atoms with E-state index >= 15 is 0 Å². The molecule has 0 fully saturated rings. The largest absolute Gasteiger partial charge is 0.449 e. The molecule has 0 aromatic heterocycles. The van der Waals surface area contributed by atoms with Crippen LogP contribution in [0.2, 0.25) is 0 Å². The van der Waals surface area contributed by atoms with Crippen molar-refractivity contribution in [1.82, 2.24) is 5.32 Å². The van der Waals surface area contributed by atoms with E-state index in [0.29, 0.717) is 13.0 Å². The van der Waals surface area contributed by atoms with Gasteiger partial charge in [-0.1, -0.05) is 0 Å². The Morgan fingerprint density at radius 2 is 1.73 bits per heavy atom. The Morgan fingerprint density at radius 1 is 1.27 bits per heavy atom. The number of hydrogen-bond acceptors (Lipinski definition) is 3. The highest BCUT2D eigenvalue weighted by atomic mass is 35.5. The van der Waals surface area contributed by atoms with Crippen molar-refractivity contribution in [1.29, 1.82) is 0 Å². The zero-order valence-corrected chi connectivity index (χ0v) is 11.0. The summed E-state index contributed by atoms with van der Waals surface area (Å²) in [6, 6.07) is 0. The van der Waals surface area contributed by atoms with Crippen LogP contribution in [0.4, 0.5) is 4.79 Å². The number of carbonyl (C=O) groups is 1. The predicted molar refractivity (Wildman–Crippen MR) is 64.4 cm³/mol. The summed E-state index contributed by atoms with van der Waals surface area (Å²) in [5.41, 5.74) is 5.19. The van der Waals surface area contributed by atoms with Crippen LogP contribution in [0.1, 0.15) is 41.0 Å². The predicted octanol–water partition coefficient (Wildman–Crippen LogP) is 2.06. The van der Waals surface area contributed by atoms with E-state index in [4.69, 9.17) is 10.5 Å². The molecule has 92 valence electrons. The topological polar surface area (TPSA) is 64.3 Å². The van der Waals surface area contributed by atoms with E-state index < -0.39 is 0 Å². The first-order valence-corrected chi connectivity index (χ1v) is 4.84. The molecule has 0 bridgehead atoms. The summed E-state index contributed by atoms with van der Waals surface area (Å²) in [4.78, 5) is 11.2. The third kappa shape index (κ3) is 13.5. The van der Waals surface area contributed by atoms with E-state index in [1.165, 1.54) is 0 Å². The summed E-state index contributed by atoms with van der Waals surface area (Å²) in [6.45, 7) is 9.87. The summed E-state index contributed by atoms with van der Waals surface area (Å²) in [5, 5.41) is 2.70. The van der Waals surface area contributed by atoms with Gasteiger partial charge in [-0.15, -0.1) is 12.4 Å². The molecule has 0 rings (SSSR count). The van der Waals surface area contributed by atoms with Crippen molar-refractivity contribution in [2.75, 3.05) is 6.61 Å². The average Bonchev–Trinajstić information content (AvgIpc) is 1.78. The Balaban J connectivity index is 0. The van der Waals surface area contributed by atoms with Crippen molar-refractivity contribution in [2.24, 2.45) is 5.73 Å². The second-order valence-corrected chi connectivity index (χ2v) is 5.25. The molecule has 0 atom stereocenters. The molecule has 3 N–H and O–H groups in total. The first-order chi connectivity index (χ1) is 6.10. The number of ether oxygens (including phenoxy) is 1. The summed E-state index contributed by atoms with van der Waals surface area (Å²) in [6.07, 6.45) is 0.270. The molecule has 0 aliphatic heterocycles. The number of halogens is 1. The van der Waals surface area contributed by atoms with E-state index in [0.717, 1.165) is 0 Å². The van der Waals surface area contributed by atoms with Crippen LogP contribution in [0.5, 0.6) is 0 Å². The Bertz CT molecular complexity index is 195. The number of nitrogens with one attached hydrogen (secondary N) is 1. The molecule has 0 saturated heterocycles. The fourth-order valence-corrected chi connectivity index (χ4v) is 0.749. The molecular weight excluding hydrogens is 216 g/mol. The Hall–Kier alpha value is -0.480. The minimum Gasteiger partial charge on any atom is -0.449 e. The lowest BCUT2D eigenvalue weighted by Crippen LogP contribution is -2.41. The zero-order valence-electron chi connectivity index (χ0n) is 10.2. The van der Waals surface area contributed by atoms with Gasteiger partial charge in [-0.2, -0.15) is 0 Å². The highest BCUT2D eigenvalue weighted by Gasteiger charge is 2.16. The maximum atomic E-state index is 11.2. The van der Waals surface area contributed by atoms with Gasteiger partial charge in [0.2, 0.25) is 0 Å². The lowest BCUT2D eigenvalue weighted by molar-refractivity contribution is 0.130. The van der Waals surface area contributed by atoms with E-state index in [1.807, 2.05) is 34.6 Å². The van der Waals surface area contributed by atoms with Gasteiger partial charge in [-0.25, -0.2) is 4.79 Å². The summed E-state index contributed by atoms with van der Waals surface area (Å²) >= 11 is 0. The maximum absolute atomic E-state index is 11.2. The molecule has 0 saturated carbocycles. The van der Waals surface area contributed by atoms with Crippen molar-refractivity contribution in [3.63, 3.8) is 0 Å². The molecule has 0 radical (unpaired) electrons. The fraction of sp³-hybridized carbons (Fsp3) is 0.900. The van der Waals surface area contributed by atoms with Crippen molar-refractivity contribution in [2.45, 2.75) is 52.1 Å². The number of rotatable bonds is 3. The Labute approximate surface area is 98.3 Å². The van der Waals surface area contributed by atoms with Crippen LogP contribution in [0.15, 0.2) is 0 Å². The van der Waals surface area contributed by atoms with E-state index in [9.17, 15) is 4.79 Å². The minimum absolute atomic E-state index is 0. The minimum atomic E-state index is -0.387. The molecule has 1 amide bonds. The average molecular weight is 239 g/mol. The van der Waals surface area contributed by atoms with Crippen LogP contribution in [-0.4, -0.2) is 23.8 Å². The quantitative estimate of drug-likeness (QED) is 0.791. The standard InChI is InChI=1S/C10H22N2O2.ClH/c1-9(2,3)12-8(13)14-7-6-10(4,5)11;/h6-7,11H2,1-5H3,(H,12,13);1H. The number of hydrogen-bond donors (Lipinski definition) is 2. The van der Waals surface area contributed by atoms with Crippen molar-refractivity contribution in [3.8, 4) is 0 Å². The number of alkyl carbamates (subject to hydrolysis) is 1. The SMILES string of the molecule is CC(C)(N)CCOC(=O)NC(C)(C)C.Cl. The number of amides is 1. The number of nitrogens with two attached hydrogens (primary N) is 1. The van der Waals surface area contributed by atoms with Crippen LogP contribution in [0.3, 0.4) is 0 Å². The summed E-state index contributed by atoms with van der Waals surface area (Å²) in [5.74, 6) is 0. The molecule has 4 nitrogen and oxygen atoms in total.